The molecular weight excluding hydrogens is 288 g/mol. The summed E-state index contributed by atoms with van der Waals surface area (Å²) in [4.78, 5) is 2.10. The Morgan fingerprint density at radius 1 is 1.10 bits per heavy atom. The molecule has 0 bridgehead atoms. The van der Waals surface area contributed by atoms with Crippen molar-refractivity contribution in [2.75, 3.05) is 45.2 Å². The standard InChI is InChI=1S/C14H26N4O2S/c1-17(14-8-4-3-5-9-14)12-7-11-16-21(19,20)18(2)13-6-10-15/h3-5,8-9,16H,6-7,10-13,15H2,1-2H3. The third-order valence-corrected chi connectivity index (χ3v) is 4.81. The number of anilines is 1. The lowest BCUT2D eigenvalue weighted by Gasteiger charge is -2.20. The number of nitrogens with one attached hydrogen (secondary N) is 1. The molecule has 0 atom stereocenters. The first-order chi connectivity index (χ1) is 9.97. The van der Waals surface area contributed by atoms with Crippen molar-refractivity contribution in [1.29, 1.82) is 0 Å². The monoisotopic (exact) mass is 314 g/mol. The molecule has 1 aromatic rings. The number of nitrogens with zero attached hydrogens (tertiary/aromatic N) is 2. The molecule has 0 spiro atoms. The highest BCUT2D eigenvalue weighted by molar-refractivity contribution is 7.87. The summed E-state index contributed by atoms with van der Waals surface area (Å²) in [5, 5.41) is 0. The Balaban J connectivity index is 2.30. The minimum Gasteiger partial charge on any atom is -0.375 e. The number of rotatable bonds is 10. The minimum absolute atomic E-state index is 0.423. The van der Waals surface area contributed by atoms with Gasteiger partial charge in [0.05, 0.1) is 0 Å². The second kappa shape index (κ2) is 8.99. The van der Waals surface area contributed by atoms with Gasteiger partial charge >= 0.3 is 0 Å². The van der Waals surface area contributed by atoms with Gasteiger partial charge < -0.3 is 10.6 Å². The van der Waals surface area contributed by atoms with Crippen LogP contribution < -0.4 is 15.4 Å². The minimum atomic E-state index is -3.39. The normalized spacial score (nSPS) is 11.8. The van der Waals surface area contributed by atoms with Crippen LogP contribution in [-0.4, -0.2) is 53.0 Å². The quantitative estimate of drug-likeness (QED) is 0.621. The van der Waals surface area contributed by atoms with Gasteiger partial charge in [0.2, 0.25) is 0 Å². The van der Waals surface area contributed by atoms with Gasteiger partial charge in [0.15, 0.2) is 0 Å². The van der Waals surface area contributed by atoms with Gasteiger partial charge in [-0.2, -0.15) is 12.7 Å². The fourth-order valence-corrected chi connectivity index (χ4v) is 2.87. The van der Waals surface area contributed by atoms with Crippen molar-refractivity contribution < 1.29 is 8.42 Å². The molecule has 7 heteroatoms. The van der Waals surface area contributed by atoms with Crippen LogP contribution in [-0.2, 0) is 10.2 Å². The molecule has 6 nitrogen and oxygen atoms in total. The van der Waals surface area contributed by atoms with Crippen molar-refractivity contribution in [1.82, 2.24) is 9.03 Å². The number of nitrogens with two attached hydrogens (primary N) is 1. The second-order valence-corrected chi connectivity index (χ2v) is 6.84. The molecule has 0 aliphatic rings. The highest BCUT2D eigenvalue weighted by Gasteiger charge is 2.15. The number of para-hydroxylation sites is 1. The van der Waals surface area contributed by atoms with Crippen molar-refractivity contribution in [2.24, 2.45) is 5.73 Å². The van der Waals surface area contributed by atoms with Crippen LogP contribution >= 0.6 is 0 Å². The number of hydrogen-bond donors (Lipinski definition) is 2. The van der Waals surface area contributed by atoms with Crippen LogP contribution in [0.15, 0.2) is 30.3 Å². The largest absolute Gasteiger partial charge is 0.375 e. The maximum Gasteiger partial charge on any atom is 0.279 e. The molecule has 3 N–H and O–H groups in total. The summed E-state index contributed by atoms with van der Waals surface area (Å²) < 4.78 is 27.7. The molecule has 0 heterocycles. The van der Waals surface area contributed by atoms with E-state index >= 15 is 0 Å². The van der Waals surface area contributed by atoms with E-state index in [0.29, 0.717) is 26.1 Å². The molecule has 120 valence electrons. The molecule has 0 aromatic heterocycles. The molecular formula is C14H26N4O2S. The van der Waals surface area contributed by atoms with Gasteiger partial charge in [0, 0.05) is 39.4 Å². The Morgan fingerprint density at radius 2 is 1.76 bits per heavy atom. The zero-order chi connectivity index (χ0) is 15.7. The number of hydrogen-bond acceptors (Lipinski definition) is 4. The summed E-state index contributed by atoms with van der Waals surface area (Å²) in [5.41, 5.74) is 6.51. The van der Waals surface area contributed by atoms with Gasteiger partial charge in [-0.25, -0.2) is 4.72 Å². The predicted molar refractivity (Wildman–Crippen MR) is 87.6 cm³/mol. The molecule has 0 aliphatic carbocycles. The first-order valence-corrected chi connectivity index (χ1v) is 8.58. The third kappa shape index (κ3) is 6.43. The van der Waals surface area contributed by atoms with Crippen LogP contribution in [0.2, 0.25) is 0 Å². The molecule has 1 aromatic carbocycles. The van der Waals surface area contributed by atoms with E-state index in [-0.39, 0.29) is 0 Å². The number of benzene rings is 1. The molecule has 0 saturated carbocycles. The summed E-state index contributed by atoms with van der Waals surface area (Å²) >= 11 is 0. The van der Waals surface area contributed by atoms with Gasteiger partial charge in [-0.1, -0.05) is 18.2 Å². The Hall–Kier alpha value is -1.15. The van der Waals surface area contributed by atoms with Crippen LogP contribution in [0.4, 0.5) is 5.69 Å². The zero-order valence-electron chi connectivity index (χ0n) is 12.8. The van der Waals surface area contributed by atoms with E-state index in [9.17, 15) is 8.42 Å². The summed E-state index contributed by atoms with van der Waals surface area (Å²) in [6.45, 7) is 2.14. The van der Waals surface area contributed by atoms with E-state index in [1.165, 1.54) is 4.31 Å². The lowest BCUT2D eigenvalue weighted by atomic mass is 10.3. The highest BCUT2D eigenvalue weighted by atomic mass is 32.2. The Bertz CT molecular complexity index is 493. The fourth-order valence-electron chi connectivity index (χ4n) is 1.87. The van der Waals surface area contributed by atoms with Crippen LogP contribution in [0, 0.1) is 0 Å². The van der Waals surface area contributed by atoms with E-state index in [4.69, 9.17) is 5.73 Å². The van der Waals surface area contributed by atoms with E-state index < -0.39 is 10.2 Å². The van der Waals surface area contributed by atoms with Crippen molar-refractivity contribution in [3.63, 3.8) is 0 Å². The highest BCUT2D eigenvalue weighted by Crippen LogP contribution is 2.10. The first kappa shape index (κ1) is 17.9. The first-order valence-electron chi connectivity index (χ1n) is 7.14. The smallest absolute Gasteiger partial charge is 0.279 e. The zero-order valence-corrected chi connectivity index (χ0v) is 13.6. The summed E-state index contributed by atoms with van der Waals surface area (Å²) in [6.07, 6.45) is 1.41. The molecule has 21 heavy (non-hydrogen) atoms. The SMILES string of the molecule is CN(CCCNS(=O)(=O)N(C)CCCN)c1ccccc1. The van der Waals surface area contributed by atoms with Gasteiger partial charge in [-0.05, 0) is 31.5 Å². The van der Waals surface area contributed by atoms with Gasteiger partial charge in [-0.3, -0.25) is 0 Å². The average Bonchev–Trinajstić information content (AvgIpc) is 2.49. The fraction of sp³-hybridized carbons (Fsp3) is 0.571. The van der Waals surface area contributed by atoms with Crippen LogP contribution in [0.5, 0.6) is 0 Å². The molecule has 0 amide bonds. The molecule has 0 saturated heterocycles. The topological polar surface area (TPSA) is 78.7 Å². The van der Waals surface area contributed by atoms with Gasteiger partial charge in [0.25, 0.3) is 10.2 Å². The van der Waals surface area contributed by atoms with E-state index in [1.807, 2.05) is 37.4 Å². The van der Waals surface area contributed by atoms with Gasteiger partial charge in [-0.15, -0.1) is 0 Å². The summed E-state index contributed by atoms with van der Waals surface area (Å²) in [5.74, 6) is 0. The van der Waals surface area contributed by atoms with E-state index in [2.05, 4.69) is 9.62 Å². The molecule has 1 rings (SSSR count). The van der Waals surface area contributed by atoms with Crippen LogP contribution in [0.3, 0.4) is 0 Å². The van der Waals surface area contributed by atoms with Gasteiger partial charge in [0.1, 0.15) is 0 Å². The lowest BCUT2D eigenvalue weighted by molar-refractivity contribution is 0.452. The van der Waals surface area contributed by atoms with Crippen molar-refractivity contribution in [2.45, 2.75) is 12.8 Å². The molecule has 0 fully saturated rings. The van der Waals surface area contributed by atoms with E-state index in [1.54, 1.807) is 7.05 Å². The van der Waals surface area contributed by atoms with Crippen LogP contribution in [0.1, 0.15) is 12.8 Å². The molecule has 0 radical (unpaired) electrons. The van der Waals surface area contributed by atoms with Crippen LogP contribution in [0.25, 0.3) is 0 Å². The Morgan fingerprint density at radius 3 is 2.38 bits per heavy atom. The average molecular weight is 314 g/mol. The maximum atomic E-state index is 11.9. The summed E-state index contributed by atoms with van der Waals surface area (Å²) in [6, 6.07) is 10.0. The lowest BCUT2D eigenvalue weighted by Crippen LogP contribution is -2.40. The van der Waals surface area contributed by atoms with Crippen molar-refractivity contribution in [3.05, 3.63) is 30.3 Å². The molecule has 0 unspecified atom stereocenters. The van der Waals surface area contributed by atoms with Crippen molar-refractivity contribution >= 4 is 15.9 Å². The predicted octanol–water partition coefficient (Wildman–Crippen LogP) is 0.628. The Labute approximate surface area is 128 Å². The molecule has 0 aliphatic heterocycles. The Kier molecular flexibility index (Phi) is 7.66. The van der Waals surface area contributed by atoms with Crippen molar-refractivity contribution in [3.8, 4) is 0 Å². The summed E-state index contributed by atoms with van der Waals surface area (Å²) in [7, 11) is 0.175. The second-order valence-electron chi connectivity index (χ2n) is 4.97. The third-order valence-electron chi connectivity index (χ3n) is 3.24. The van der Waals surface area contributed by atoms with E-state index in [0.717, 1.165) is 18.7 Å². The maximum absolute atomic E-state index is 11.9.